The first-order chi connectivity index (χ1) is 6.68. The summed E-state index contributed by atoms with van der Waals surface area (Å²) in [4.78, 5) is 10.7. The molecule has 0 bridgehead atoms. The van der Waals surface area contributed by atoms with Crippen LogP contribution in [0.15, 0.2) is 34.7 Å². The summed E-state index contributed by atoms with van der Waals surface area (Å²) in [5.74, 6) is -1.15. The molecule has 0 amide bonds. The van der Waals surface area contributed by atoms with Gasteiger partial charge < -0.3 is 9.52 Å². The molecular weight excluding hydrogens is 182 g/mol. The second-order valence-corrected chi connectivity index (χ2v) is 2.83. The van der Waals surface area contributed by atoms with E-state index in [1.165, 1.54) is 6.07 Å². The predicted molar refractivity (Wildman–Crippen MR) is 49.0 cm³/mol. The van der Waals surface area contributed by atoms with E-state index < -0.39 is 5.97 Å². The number of benzene rings is 1. The number of nitrogens with one attached hydrogen (secondary N) is 1. The van der Waals surface area contributed by atoms with Crippen LogP contribution in [0.4, 0.5) is 0 Å². The number of para-hydroxylation sites is 1. The van der Waals surface area contributed by atoms with E-state index in [4.69, 9.17) is 14.9 Å². The second-order valence-electron chi connectivity index (χ2n) is 2.83. The summed E-state index contributed by atoms with van der Waals surface area (Å²) in [6, 6.07) is 8.42. The molecule has 0 radical (unpaired) electrons. The smallest absolute Gasteiger partial charge is 0.341 e. The van der Waals surface area contributed by atoms with Gasteiger partial charge >= 0.3 is 5.97 Å². The van der Waals surface area contributed by atoms with E-state index in [0.717, 1.165) is 0 Å². The van der Waals surface area contributed by atoms with E-state index in [-0.39, 0.29) is 11.1 Å². The largest absolute Gasteiger partial charge is 0.477 e. The SMILES string of the molecule is N=c1oc2ccccc2cc1C(=O)O. The van der Waals surface area contributed by atoms with Crippen LogP contribution in [0.25, 0.3) is 11.0 Å². The maximum absolute atomic E-state index is 10.7. The molecule has 1 heterocycles. The van der Waals surface area contributed by atoms with Crippen molar-refractivity contribution in [3.8, 4) is 0 Å². The van der Waals surface area contributed by atoms with E-state index in [1.807, 2.05) is 0 Å². The van der Waals surface area contributed by atoms with E-state index in [9.17, 15) is 4.79 Å². The van der Waals surface area contributed by atoms with E-state index >= 15 is 0 Å². The molecule has 2 N–H and O–H groups in total. The second kappa shape index (κ2) is 2.99. The first kappa shape index (κ1) is 8.50. The molecule has 0 spiro atoms. The molecule has 0 atom stereocenters. The Balaban J connectivity index is 2.84. The van der Waals surface area contributed by atoms with Gasteiger partial charge in [-0.15, -0.1) is 0 Å². The van der Waals surface area contributed by atoms with Crippen molar-refractivity contribution in [2.75, 3.05) is 0 Å². The summed E-state index contributed by atoms with van der Waals surface area (Å²) < 4.78 is 5.04. The van der Waals surface area contributed by atoms with Gasteiger partial charge in [-0.1, -0.05) is 18.2 Å². The molecule has 0 saturated carbocycles. The van der Waals surface area contributed by atoms with Gasteiger partial charge in [-0.05, 0) is 12.1 Å². The number of carboxylic acids is 1. The number of carbonyl (C=O) groups is 1. The van der Waals surface area contributed by atoms with Crippen LogP contribution in [0.1, 0.15) is 10.4 Å². The molecule has 0 aliphatic heterocycles. The van der Waals surface area contributed by atoms with Gasteiger partial charge in [0.1, 0.15) is 11.1 Å². The van der Waals surface area contributed by atoms with Gasteiger partial charge in [0.05, 0.1) is 0 Å². The molecule has 0 unspecified atom stereocenters. The molecule has 4 nitrogen and oxygen atoms in total. The van der Waals surface area contributed by atoms with E-state index in [1.54, 1.807) is 24.3 Å². The van der Waals surface area contributed by atoms with Gasteiger partial charge in [0.15, 0.2) is 0 Å². The van der Waals surface area contributed by atoms with Crippen LogP contribution in [-0.2, 0) is 0 Å². The monoisotopic (exact) mass is 189 g/mol. The molecule has 2 rings (SSSR count). The fourth-order valence-corrected chi connectivity index (χ4v) is 1.24. The Kier molecular flexibility index (Phi) is 1.81. The third kappa shape index (κ3) is 1.26. The van der Waals surface area contributed by atoms with Crippen LogP contribution in [0, 0.1) is 5.41 Å². The maximum Gasteiger partial charge on any atom is 0.341 e. The summed E-state index contributed by atoms with van der Waals surface area (Å²) in [6.07, 6.45) is 0. The Morgan fingerprint density at radius 1 is 1.36 bits per heavy atom. The first-order valence-electron chi connectivity index (χ1n) is 3.99. The average molecular weight is 189 g/mol. The van der Waals surface area contributed by atoms with Crippen LogP contribution in [0.5, 0.6) is 0 Å². The van der Waals surface area contributed by atoms with Crippen LogP contribution in [-0.4, -0.2) is 11.1 Å². The third-order valence-corrected chi connectivity index (χ3v) is 1.91. The van der Waals surface area contributed by atoms with Crippen molar-refractivity contribution in [2.45, 2.75) is 0 Å². The van der Waals surface area contributed by atoms with Crippen LogP contribution < -0.4 is 5.55 Å². The minimum atomic E-state index is -1.15. The highest BCUT2D eigenvalue weighted by atomic mass is 16.4. The Labute approximate surface area is 78.9 Å². The van der Waals surface area contributed by atoms with Gasteiger partial charge in [0.2, 0.25) is 5.55 Å². The lowest BCUT2D eigenvalue weighted by atomic mass is 10.2. The molecule has 0 aliphatic rings. The summed E-state index contributed by atoms with van der Waals surface area (Å²) >= 11 is 0. The van der Waals surface area contributed by atoms with E-state index in [2.05, 4.69) is 0 Å². The van der Waals surface area contributed by atoms with Gasteiger partial charge in [0, 0.05) is 5.39 Å². The van der Waals surface area contributed by atoms with Gasteiger partial charge in [-0.2, -0.15) is 0 Å². The number of rotatable bonds is 1. The standard InChI is InChI=1S/C10H7NO3/c11-9-7(10(12)13)5-6-3-1-2-4-8(6)14-9/h1-5,11H,(H,12,13). The zero-order valence-electron chi connectivity index (χ0n) is 7.15. The molecule has 14 heavy (non-hydrogen) atoms. The molecule has 0 aliphatic carbocycles. The average Bonchev–Trinajstić information content (AvgIpc) is 2.16. The summed E-state index contributed by atoms with van der Waals surface area (Å²) in [5.41, 5.74) is 0.0717. The maximum atomic E-state index is 10.7. The molecular formula is C10H7NO3. The Morgan fingerprint density at radius 3 is 2.79 bits per heavy atom. The Hall–Kier alpha value is -2.10. The van der Waals surface area contributed by atoms with Crippen molar-refractivity contribution in [3.63, 3.8) is 0 Å². The van der Waals surface area contributed by atoms with Gasteiger partial charge in [-0.3, -0.25) is 5.41 Å². The Bertz CT molecular complexity index is 557. The van der Waals surface area contributed by atoms with Crippen LogP contribution in [0.2, 0.25) is 0 Å². The number of hydrogen-bond acceptors (Lipinski definition) is 3. The highest BCUT2D eigenvalue weighted by molar-refractivity contribution is 5.91. The molecule has 70 valence electrons. The minimum absolute atomic E-state index is 0.122. The van der Waals surface area contributed by atoms with Crippen molar-refractivity contribution < 1.29 is 14.3 Å². The van der Waals surface area contributed by atoms with Crippen LogP contribution >= 0.6 is 0 Å². The van der Waals surface area contributed by atoms with Crippen LogP contribution in [0.3, 0.4) is 0 Å². The van der Waals surface area contributed by atoms with Crippen molar-refractivity contribution in [2.24, 2.45) is 0 Å². The number of aromatic carboxylic acids is 1. The zero-order valence-corrected chi connectivity index (χ0v) is 7.15. The minimum Gasteiger partial charge on any atom is -0.477 e. The summed E-state index contributed by atoms with van der Waals surface area (Å²) in [6.45, 7) is 0. The molecule has 1 aromatic carbocycles. The first-order valence-corrected chi connectivity index (χ1v) is 3.99. The quantitative estimate of drug-likeness (QED) is 0.715. The Morgan fingerprint density at radius 2 is 2.07 bits per heavy atom. The van der Waals surface area contributed by atoms with Gasteiger partial charge in [-0.25, -0.2) is 4.79 Å². The zero-order chi connectivity index (χ0) is 10.1. The van der Waals surface area contributed by atoms with Crippen molar-refractivity contribution in [1.82, 2.24) is 0 Å². The lowest BCUT2D eigenvalue weighted by molar-refractivity contribution is 0.0691. The van der Waals surface area contributed by atoms with Crippen molar-refractivity contribution in [1.29, 1.82) is 5.41 Å². The fraction of sp³-hybridized carbons (Fsp3) is 0. The summed E-state index contributed by atoms with van der Waals surface area (Å²) in [5, 5.41) is 16.8. The predicted octanol–water partition coefficient (Wildman–Crippen LogP) is 1.61. The topological polar surface area (TPSA) is 74.3 Å². The molecule has 0 saturated heterocycles. The number of carboxylic acid groups (broad SMARTS) is 1. The molecule has 4 heteroatoms. The molecule has 1 aromatic heterocycles. The fourth-order valence-electron chi connectivity index (χ4n) is 1.24. The van der Waals surface area contributed by atoms with Gasteiger partial charge in [0.25, 0.3) is 0 Å². The highest BCUT2D eigenvalue weighted by Crippen LogP contribution is 2.12. The molecule has 0 fully saturated rings. The number of hydrogen-bond donors (Lipinski definition) is 2. The normalized spacial score (nSPS) is 10.3. The highest BCUT2D eigenvalue weighted by Gasteiger charge is 2.08. The van der Waals surface area contributed by atoms with E-state index in [0.29, 0.717) is 11.0 Å². The molecule has 2 aromatic rings. The lowest BCUT2D eigenvalue weighted by Gasteiger charge is -1.98. The number of fused-ring (bicyclic) bond motifs is 1. The third-order valence-electron chi connectivity index (χ3n) is 1.91. The summed E-state index contributed by atoms with van der Waals surface area (Å²) in [7, 11) is 0. The van der Waals surface area contributed by atoms with Crippen molar-refractivity contribution >= 4 is 16.9 Å². The van der Waals surface area contributed by atoms with Crippen molar-refractivity contribution in [3.05, 3.63) is 41.4 Å². The lowest BCUT2D eigenvalue weighted by Crippen LogP contribution is -2.12.